The lowest BCUT2D eigenvalue weighted by Crippen LogP contribution is -2.14. The number of nitrogens with one attached hydrogen (secondary N) is 1. The first-order chi connectivity index (χ1) is 14.5. The molecule has 0 bridgehead atoms. The van der Waals surface area contributed by atoms with Gasteiger partial charge in [0.15, 0.2) is 10.8 Å². The van der Waals surface area contributed by atoms with Crippen LogP contribution in [0, 0.1) is 6.92 Å². The molecular formula is C19H17N5O4S2. The molecule has 1 amide bonds. The van der Waals surface area contributed by atoms with Crippen molar-refractivity contribution in [3.05, 3.63) is 41.0 Å². The van der Waals surface area contributed by atoms with Crippen LogP contribution < -0.4 is 10.1 Å². The van der Waals surface area contributed by atoms with Crippen LogP contribution in [0.25, 0.3) is 15.9 Å². The fraction of sp³-hybridized carbons (Fsp3) is 0.211. The second-order valence-electron chi connectivity index (χ2n) is 6.21. The van der Waals surface area contributed by atoms with Gasteiger partial charge >= 0.3 is 5.97 Å². The van der Waals surface area contributed by atoms with E-state index in [1.54, 1.807) is 42.1 Å². The first-order valence-electron chi connectivity index (χ1n) is 8.79. The number of ether oxygens (including phenoxy) is 2. The van der Waals surface area contributed by atoms with Gasteiger partial charge in [0.25, 0.3) is 0 Å². The van der Waals surface area contributed by atoms with Crippen molar-refractivity contribution in [2.24, 2.45) is 0 Å². The Bertz CT molecular complexity index is 1250. The summed E-state index contributed by atoms with van der Waals surface area (Å²) in [6, 6.07) is 7.09. The Morgan fingerprint density at radius 2 is 1.97 bits per heavy atom. The van der Waals surface area contributed by atoms with Crippen LogP contribution in [0.5, 0.6) is 5.75 Å². The number of amides is 1. The molecule has 9 nitrogen and oxygen atoms in total. The second kappa shape index (κ2) is 8.28. The Morgan fingerprint density at radius 1 is 1.20 bits per heavy atom. The molecule has 0 aliphatic carbocycles. The van der Waals surface area contributed by atoms with E-state index in [0.717, 1.165) is 16.7 Å². The highest BCUT2D eigenvalue weighted by atomic mass is 32.2. The molecule has 0 fully saturated rings. The van der Waals surface area contributed by atoms with Crippen molar-refractivity contribution in [3.8, 4) is 5.75 Å². The van der Waals surface area contributed by atoms with E-state index in [4.69, 9.17) is 9.47 Å². The van der Waals surface area contributed by atoms with Crippen LogP contribution in [0.15, 0.2) is 35.7 Å². The molecule has 1 aromatic carbocycles. The van der Waals surface area contributed by atoms with Gasteiger partial charge in [0.2, 0.25) is 5.91 Å². The first-order valence-corrected chi connectivity index (χ1v) is 10.6. The van der Waals surface area contributed by atoms with Crippen molar-refractivity contribution in [1.29, 1.82) is 0 Å². The SMILES string of the molecule is COC(=O)c1sc2ncn3c(SCC(=O)Nc4ccc(OC)cc4)nnc3c2c1C. The molecule has 4 rings (SSSR count). The van der Waals surface area contributed by atoms with E-state index < -0.39 is 5.97 Å². The number of hydrogen-bond donors (Lipinski definition) is 1. The lowest BCUT2D eigenvalue weighted by Gasteiger charge is -2.05. The molecule has 3 heterocycles. The number of aryl methyl sites for hydroxylation is 1. The number of nitrogens with zero attached hydrogens (tertiary/aromatic N) is 4. The van der Waals surface area contributed by atoms with E-state index >= 15 is 0 Å². The molecule has 0 aliphatic heterocycles. The smallest absolute Gasteiger partial charge is 0.348 e. The molecule has 30 heavy (non-hydrogen) atoms. The van der Waals surface area contributed by atoms with E-state index in [-0.39, 0.29) is 11.7 Å². The zero-order valence-electron chi connectivity index (χ0n) is 16.3. The van der Waals surface area contributed by atoms with E-state index in [0.29, 0.717) is 26.2 Å². The molecule has 0 saturated carbocycles. The first kappa shape index (κ1) is 20.1. The minimum Gasteiger partial charge on any atom is -0.497 e. The Labute approximate surface area is 179 Å². The summed E-state index contributed by atoms with van der Waals surface area (Å²) in [6.45, 7) is 1.83. The average molecular weight is 444 g/mol. The van der Waals surface area contributed by atoms with Crippen molar-refractivity contribution in [2.45, 2.75) is 12.1 Å². The van der Waals surface area contributed by atoms with E-state index in [9.17, 15) is 9.59 Å². The van der Waals surface area contributed by atoms with Gasteiger partial charge in [-0.2, -0.15) is 0 Å². The molecule has 1 N–H and O–H groups in total. The fourth-order valence-corrected chi connectivity index (χ4v) is 4.67. The van der Waals surface area contributed by atoms with Gasteiger partial charge in [-0.3, -0.25) is 9.20 Å². The molecule has 0 atom stereocenters. The van der Waals surface area contributed by atoms with Gasteiger partial charge in [-0.15, -0.1) is 21.5 Å². The number of carbonyl (C=O) groups excluding carboxylic acids is 2. The molecule has 11 heteroatoms. The third kappa shape index (κ3) is 3.68. The van der Waals surface area contributed by atoms with Crippen molar-refractivity contribution in [2.75, 3.05) is 25.3 Å². The van der Waals surface area contributed by atoms with Gasteiger partial charge in [-0.25, -0.2) is 9.78 Å². The lowest BCUT2D eigenvalue weighted by atomic mass is 10.2. The molecule has 4 aromatic rings. The quantitative estimate of drug-likeness (QED) is 0.358. The number of esters is 1. The van der Waals surface area contributed by atoms with Gasteiger partial charge in [0, 0.05) is 5.69 Å². The standard InChI is InChI=1S/C19H17N5O4S2/c1-10-14-16-22-23-19(24(16)9-20-17(14)30-15(10)18(26)28-3)29-8-13(25)21-11-4-6-12(27-2)7-5-11/h4-7,9H,8H2,1-3H3,(H,21,25). The number of thioether (sulfide) groups is 1. The highest BCUT2D eigenvalue weighted by molar-refractivity contribution is 7.99. The predicted octanol–water partition coefficient (Wildman–Crippen LogP) is 3.17. The van der Waals surface area contributed by atoms with Gasteiger partial charge < -0.3 is 14.8 Å². The summed E-state index contributed by atoms with van der Waals surface area (Å²) in [5.41, 5.74) is 2.02. The number of methoxy groups -OCH3 is 2. The minimum absolute atomic E-state index is 0.154. The van der Waals surface area contributed by atoms with Crippen LogP contribution in [0.2, 0.25) is 0 Å². The van der Waals surface area contributed by atoms with Gasteiger partial charge in [0.1, 0.15) is 21.8 Å². The molecule has 3 aromatic heterocycles. The Morgan fingerprint density at radius 3 is 2.67 bits per heavy atom. The summed E-state index contributed by atoms with van der Waals surface area (Å²) >= 11 is 2.50. The average Bonchev–Trinajstić information content (AvgIpc) is 3.33. The molecule has 0 saturated heterocycles. The zero-order chi connectivity index (χ0) is 21.3. The molecule has 0 aliphatic rings. The summed E-state index contributed by atoms with van der Waals surface area (Å²) in [5, 5.41) is 12.6. The normalized spacial score (nSPS) is 11.0. The highest BCUT2D eigenvalue weighted by Crippen LogP contribution is 2.33. The third-order valence-electron chi connectivity index (χ3n) is 4.38. The minimum atomic E-state index is -0.405. The topological polar surface area (TPSA) is 108 Å². The van der Waals surface area contributed by atoms with Crippen LogP contribution in [0.3, 0.4) is 0 Å². The fourth-order valence-electron chi connectivity index (χ4n) is 2.90. The summed E-state index contributed by atoms with van der Waals surface area (Å²) < 4.78 is 11.7. The van der Waals surface area contributed by atoms with Crippen molar-refractivity contribution in [3.63, 3.8) is 0 Å². The second-order valence-corrected chi connectivity index (χ2v) is 8.16. The Hall–Kier alpha value is -3.18. The van der Waals surface area contributed by atoms with E-state index in [1.165, 1.54) is 30.2 Å². The van der Waals surface area contributed by atoms with Gasteiger partial charge in [-0.05, 0) is 36.8 Å². The van der Waals surface area contributed by atoms with E-state index in [2.05, 4.69) is 20.5 Å². The van der Waals surface area contributed by atoms with Crippen LogP contribution in [-0.4, -0.2) is 51.4 Å². The number of aromatic nitrogens is 4. The zero-order valence-corrected chi connectivity index (χ0v) is 18.0. The lowest BCUT2D eigenvalue weighted by molar-refractivity contribution is -0.113. The van der Waals surface area contributed by atoms with Crippen LogP contribution in [0.1, 0.15) is 15.2 Å². The molecule has 0 spiro atoms. The highest BCUT2D eigenvalue weighted by Gasteiger charge is 2.21. The number of carbonyl (C=O) groups is 2. The maximum atomic E-state index is 12.3. The van der Waals surface area contributed by atoms with Crippen molar-refractivity contribution >= 4 is 56.5 Å². The van der Waals surface area contributed by atoms with Gasteiger partial charge in [0.05, 0.1) is 25.4 Å². The Balaban J connectivity index is 1.53. The Kier molecular flexibility index (Phi) is 5.55. The predicted molar refractivity (Wildman–Crippen MR) is 115 cm³/mol. The maximum Gasteiger partial charge on any atom is 0.348 e. The molecule has 0 unspecified atom stereocenters. The van der Waals surface area contributed by atoms with Gasteiger partial charge in [-0.1, -0.05) is 11.8 Å². The maximum absolute atomic E-state index is 12.3. The third-order valence-corrected chi connectivity index (χ3v) is 6.51. The van der Waals surface area contributed by atoms with E-state index in [1.807, 2.05) is 6.92 Å². The number of fused-ring (bicyclic) bond motifs is 3. The molecule has 154 valence electrons. The van der Waals surface area contributed by atoms with Crippen LogP contribution in [0.4, 0.5) is 5.69 Å². The largest absolute Gasteiger partial charge is 0.497 e. The molecular weight excluding hydrogens is 426 g/mol. The molecule has 0 radical (unpaired) electrons. The number of thiophene rings is 1. The van der Waals surface area contributed by atoms with Crippen molar-refractivity contribution < 1.29 is 19.1 Å². The van der Waals surface area contributed by atoms with Crippen LogP contribution >= 0.6 is 23.1 Å². The summed E-state index contributed by atoms with van der Waals surface area (Å²) in [5.74, 6) is 0.296. The summed E-state index contributed by atoms with van der Waals surface area (Å²) in [7, 11) is 2.93. The van der Waals surface area contributed by atoms with Crippen LogP contribution in [-0.2, 0) is 9.53 Å². The number of rotatable bonds is 6. The van der Waals surface area contributed by atoms with Crippen molar-refractivity contribution in [1.82, 2.24) is 19.6 Å². The monoisotopic (exact) mass is 443 g/mol. The number of anilines is 1. The number of benzene rings is 1. The summed E-state index contributed by atoms with van der Waals surface area (Å²) in [4.78, 5) is 29.9. The summed E-state index contributed by atoms with van der Waals surface area (Å²) in [6.07, 6.45) is 1.60. The number of hydrogen-bond acceptors (Lipinski definition) is 9.